The van der Waals surface area contributed by atoms with E-state index in [4.69, 9.17) is 11.6 Å². The molecule has 0 aliphatic rings. The SMILES string of the molecule is CNC(=O)[C@@H](Cc1ccccc1)N(Cc1ccccc1Cl)C(=O)CCc1ccccc1. The molecular formula is C26H27ClN2O2. The fourth-order valence-corrected chi connectivity index (χ4v) is 3.77. The molecule has 0 radical (unpaired) electrons. The molecule has 0 spiro atoms. The van der Waals surface area contributed by atoms with Crippen LogP contribution >= 0.6 is 11.6 Å². The van der Waals surface area contributed by atoms with Crippen molar-refractivity contribution in [1.82, 2.24) is 10.2 Å². The third-order valence-corrected chi connectivity index (χ3v) is 5.66. The summed E-state index contributed by atoms with van der Waals surface area (Å²) in [6.07, 6.45) is 1.36. The van der Waals surface area contributed by atoms with Crippen LogP contribution in [0.2, 0.25) is 5.02 Å². The molecule has 3 aromatic carbocycles. The number of rotatable bonds is 9. The predicted molar refractivity (Wildman–Crippen MR) is 125 cm³/mol. The van der Waals surface area contributed by atoms with Gasteiger partial charge in [-0.25, -0.2) is 0 Å². The van der Waals surface area contributed by atoms with Gasteiger partial charge in [-0.2, -0.15) is 0 Å². The highest BCUT2D eigenvalue weighted by molar-refractivity contribution is 6.31. The molecule has 31 heavy (non-hydrogen) atoms. The summed E-state index contributed by atoms with van der Waals surface area (Å²) in [5.74, 6) is -0.266. The molecule has 0 saturated heterocycles. The summed E-state index contributed by atoms with van der Waals surface area (Å²) in [7, 11) is 1.60. The predicted octanol–water partition coefficient (Wildman–Crippen LogP) is 4.66. The van der Waals surface area contributed by atoms with Crippen molar-refractivity contribution in [3.05, 3.63) is 107 Å². The maximum Gasteiger partial charge on any atom is 0.242 e. The number of nitrogens with zero attached hydrogens (tertiary/aromatic N) is 1. The summed E-state index contributed by atoms with van der Waals surface area (Å²) >= 11 is 6.39. The highest BCUT2D eigenvalue weighted by Crippen LogP contribution is 2.21. The van der Waals surface area contributed by atoms with Crippen molar-refractivity contribution in [2.24, 2.45) is 0 Å². The lowest BCUT2D eigenvalue weighted by Gasteiger charge is -2.31. The van der Waals surface area contributed by atoms with E-state index >= 15 is 0 Å². The zero-order valence-electron chi connectivity index (χ0n) is 17.6. The van der Waals surface area contributed by atoms with Crippen LogP contribution in [0.4, 0.5) is 0 Å². The Hall–Kier alpha value is -3.11. The molecule has 0 fully saturated rings. The lowest BCUT2D eigenvalue weighted by atomic mass is 10.0. The van der Waals surface area contributed by atoms with Crippen LogP contribution < -0.4 is 5.32 Å². The number of likely N-dealkylation sites (N-methyl/N-ethyl adjacent to an activating group) is 1. The normalized spacial score (nSPS) is 11.5. The quantitative estimate of drug-likeness (QED) is 0.532. The lowest BCUT2D eigenvalue weighted by Crippen LogP contribution is -2.49. The molecule has 1 atom stereocenters. The van der Waals surface area contributed by atoms with Crippen LogP contribution in [-0.4, -0.2) is 29.8 Å². The molecule has 0 aliphatic heterocycles. The molecular weight excluding hydrogens is 408 g/mol. The fourth-order valence-electron chi connectivity index (χ4n) is 3.57. The van der Waals surface area contributed by atoms with E-state index < -0.39 is 6.04 Å². The van der Waals surface area contributed by atoms with Crippen molar-refractivity contribution in [2.45, 2.75) is 31.8 Å². The van der Waals surface area contributed by atoms with Gasteiger partial charge in [0.2, 0.25) is 11.8 Å². The van der Waals surface area contributed by atoms with E-state index in [2.05, 4.69) is 5.32 Å². The van der Waals surface area contributed by atoms with E-state index in [1.165, 1.54) is 0 Å². The molecule has 4 nitrogen and oxygen atoms in total. The summed E-state index contributed by atoms with van der Waals surface area (Å²) < 4.78 is 0. The first kappa shape index (κ1) is 22.6. The zero-order valence-corrected chi connectivity index (χ0v) is 18.4. The summed E-state index contributed by atoms with van der Waals surface area (Å²) in [4.78, 5) is 27.9. The van der Waals surface area contributed by atoms with Gasteiger partial charge >= 0.3 is 0 Å². The van der Waals surface area contributed by atoms with Crippen LogP contribution in [0.25, 0.3) is 0 Å². The molecule has 0 aliphatic carbocycles. The van der Waals surface area contributed by atoms with Gasteiger partial charge in [0.05, 0.1) is 0 Å². The van der Waals surface area contributed by atoms with Crippen LogP contribution in [-0.2, 0) is 29.0 Å². The standard InChI is InChI=1S/C26H27ClN2O2/c1-28-26(31)24(18-21-12-6-3-7-13-21)29(19-22-14-8-9-15-23(22)27)25(30)17-16-20-10-4-2-5-11-20/h2-15,24H,16-19H2,1H3,(H,28,31)/t24-/m1/s1. The van der Waals surface area contributed by atoms with Crippen molar-refractivity contribution in [1.29, 1.82) is 0 Å². The third-order valence-electron chi connectivity index (χ3n) is 5.29. The highest BCUT2D eigenvalue weighted by Gasteiger charge is 2.29. The molecule has 5 heteroatoms. The topological polar surface area (TPSA) is 49.4 Å². The average molecular weight is 435 g/mol. The maximum atomic E-state index is 13.4. The van der Waals surface area contributed by atoms with Gasteiger partial charge in [0.1, 0.15) is 6.04 Å². The Morgan fingerprint density at radius 3 is 2.06 bits per heavy atom. The van der Waals surface area contributed by atoms with Crippen molar-refractivity contribution in [3.63, 3.8) is 0 Å². The number of amides is 2. The number of hydrogen-bond acceptors (Lipinski definition) is 2. The Morgan fingerprint density at radius 2 is 1.45 bits per heavy atom. The van der Waals surface area contributed by atoms with Crippen LogP contribution in [0.3, 0.4) is 0 Å². The van der Waals surface area contributed by atoms with E-state index in [9.17, 15) is 9.59 Å². The van der Waals surface area contributed by atoms with Gasteiger partial charge in [-0.1, -0.05) is 90.5 Å². The van der Waals surface area contributed by atoms with Gasteiger partial charge < -0.3 is 10.2 Å². The second kappa shape index (κ2) is 11.3. The summed E-state index contributed by atoms with van der Waals surface area (Å²) in [5, 5.41) is 3.31. The van der Waals surface area contributed by atoms with E-state index in [1.54, 1.807) is 18.0 Å². The number of carbonyl (C=O) groups excluding carboxylic acids is 2. The second-order valence-electron chi connectivity index (χ2n) is 7.42. The van der Waals surface area contributed by atoms with Gasteiger partial charge in [-0.3, -0.25) is 9.59 Å². The molecule has 3 aromatic rings. The molecule has 0 aromatic heterocycles. The maximum absolute atomic E-state index is 13.4. The number of aryl methyl sites for hydroxylation is 1. The van der Waals surface area contributed by atoms with Crippen molar-refractivity contribution in [3.8, 4) is 0 Å². The first-order valence-electron chi connectivity index (χ1n) is 10.4. The fraction of sp³-hybridized carbons (Fsp3) is 0.231. The number of halogens is 1. The van der Waals surface area contributed by atoms with Crippen molar-refractivity contribution >= 4 is 23.4 Å². The smallest absolute Gasteiger partial charge is 0.242 e. The largest absolute Gasteiger partial charge is 0.357 e. The number of benzene rings is 3. The van der Waals surface area contributed by atoms with Crippen LogP contribution in [0.5, 0.6) is 0 Å². The Bertz CT molecular complexity index is 993. The monoisotopic (exact) mass is 434 g/mol. The summed E-state index contributed by atoms with van der Waals surface area (Å²) in [5.41, 5.74) is 2.91. The lowest BCUT2D eigenvalue weighted by molar-refractivity contribution is -0.141. The summed E-state index contributed by atoms with van der Waals surface area (Å²) in [6, 6.07) is 26.4. The Kier molecular flexibility index (Phi) is 8.25. The van der Waals surface area contributed by atoms with Crippen LogP contribution in [0.1, 0.15) is 23.1 Å². The van der Waals surface area contributed by atoms with E-state index in [0.29, 0.717) is 24.3 Å². The Morgan fingerprint density at radius 1 is 0.871 bits per heavy atom. The Balaban J connectivity index is 1.88. The molecule has 1 N–H and O–H groups in total. The minimum Gasteiger partial charge on any atom is -0.357 e. The molecule has 0 unspecified atom stereocenters. The second-order valence-corrected chi connectivity index (χ2v) is 7.83. The summed E-state index contributed by atoms with van der Waals surface area (Å²) in [6.45, 7) is 0.276. The van der Waals surface area contributed by atoms with Gasteiger partial charge in [-0.15, -0.1) is 0 Å². The minimum atomic E-state index is -0.632. The third kappa shape index (κ3) is 6.43. The molecule has 0 heterocycles. The Labute approximate surface area is 188 Å². The van der Waals surface area contributed by atoms with Gasteiger partial charge in [-0.05, 0) is 29.2 Å². The molecule has 0 bridgehead atoms. The molecule has 0 saturated carbocycles. The molecule has 160 valence electrons. The van der Waals surface area contributed by atoms with E-state index in [-0.39, 0.29) is 18.4 Å². The number of nitrogens with one attached hydrogen (secondary N) is 1. The first-order valence-corrected chi connectivity index (χ1v) is 10.8. The van der Waals surface area contributed by atoms with Gasteiger partial charge in [0.15, 0.2) is 0 Å². The highest BCUT2D eigenvalue weighted by atomic mass is 35.5. The van der Waals surface area contributed by atoms with Crippen LogP contribution in [0.15, 0.2) is 84.9 Å². The van der Waals surface area contributed by atoms with Gasteiger partial charge in [0, 0.05) is 31.5 Å². The first-order chi connectivity index (χ1) is 15.1. The van der Waals surface area contributed by atoms with Crippen molar-refractivity contribution in [2.75, 3.05) is 7.05 Å². The number of hydrogen-bond donors (Lipinski definition) is 1. The average Bonchev–Trinajstić information content (AvgIpc) is 2.81. The van der Waals surface area contributed by atoms with Crippen molar-refractivity contribution < 1.29 is 9.59 Å². The number of carbonyl (C=O) groups is 2. The van der Waals surface area contributed by atoms with E-state index in [0.717, 1.165) is 16.7 Å². The van der Waals surface area contributed by atoms with E-state index in [1.807, 2.05) is 78.9 Å². The van der Waals surface area contributed by atoms with Crippen LogP contribution in [0, 0.1) is 0 Å². The van der Waals surface area contributed by atoms with Gasteiger partial charge in [0.25, 0.3) is 0 Å². The zero-order chi connectivity index (χ0) is 22.1. The minimum absolute atomic E-state index is 0.0756. The molecule has 3 rings (SSSR count). The molecule has 2 amide bonds.